The Hall–Kier alpha value is -0.190. The van der Waals surface area contributed by atoms with Crippen molar-refractivity contribution in [3.05, 3.63) is 16.4 Å². The number of hydrogen-bond acceptors (Lipinski definition) is 3. The summed E-state index contributed by atoms with van der Waals surface area (Å²) < 4.78 is 1.95. The van der Waals surface area contributed by atoms with Crippen LogP contribution in [0.25, 0.3) is 0 Å². The van der Waals surface area contributed by atoms with E-state index in [1.165, 1.54) is 6.42 Å². The third-order valence-corrected chi connectivity index (χ3v) is 5.72. The van der Waals surface area contributed by atoms with Gasteiger partial charge in [-0.2, -0.15) is 16.9 Å². The van der Waals surface area contributed by atoms with Crippen LogP contribution in [-0.2, 0) is 19.9 Å². The minimum atomic E-state index is 0.460. The summed E-state index contributed by atoms with van der Waals surface area (Å²) in [6, 6.07) is 0.460. The molecule has 5 heteroatoms. The topological polar surface area (TPSA) is 29.9 Å². The van der Waals surface area contributed by atoms with E-state index in [4.69, 9.17) is 11.6 Å². The largest absolute Gasteiger partial charge is 0.313 e. The van der Waals surface area contributed by atoms with Gasteiger partial charge in [0.1, 0.15) is 0 Å². The van der Waals surface area contributed by atoms with Gasteiger partial charge in [0.15, 0.2) is 0 Å². The van der Waals surface area contributed by atoms with Gasteiger partial charge >= 0.3 is 0 Å². The number of halogens is 1. The van der Waals surface area contributed by atoms with E-state index in [9.17, 15) is 0 Å². The molecule has 1 aromatic heterocycles. The van der Waals surface area contributed by atoms with Crippen LogP contribution in [0.3, 0.4) is 0 Å². The molecular formula is C16H30ClN3S. The Bertz CT molecular complexity index is 420. The van der Waals surface area contributed by atoms with Gasteiger partial charge in [0.2, 0.25) is 0 Å². The first kappa shape index (κ1) is 18.9. The lowest BCUT2D eigenvalue weighted by molar-refractivity contribution is 0.531. The van der Waals surface area contributed by atoms with Gasteiger partial charge in [0.05, 0.1) is 16.4 Å². The molecule has 122 valence electrons. The van der Waals surface area contributed by atoms with Gasteiger partial charge in [-0.05, 0) is 25.8 Å². The third-order valence-electron chi connectivity index (χ3n) is 3.78. The van der Waals surface area contributed by atoms with E-state index in [2.05, 4.69) is 38.1 Å². The number of nitrogens with one attached hydrogen (secondary N) is 1. The molecule has 0 saturated heterocycles. The Morgan fingerprint density at radius 2 is 2.05 bits per heavy atom. The van der Waals surface area contributed by atoms with Crippen LogP contribution in [0.5, 0.6) is 0 Å². The predicted molar refractivity (Wildman–Crippen MR) is 95.6 cm³/mol. The standard InChI is InChI=1S/C16H30ClN3S/c1-6-9-18-13(11-21-12(4)7-2)10-15-16(17)14(8-3)19-20(15)5/h12-13,18H,6-11H2,1-5H3. The molecule has 2 atom stereocenters. The van der Waals surface area contributed by atoms with Crippen molar-refractivity contribution in [2.75, 3.05) is 12.3 Å². The summed E-state index contributed by atoms with van der Waals surface area (Å²) >= 11 is 8.52. The number of rotatable bonds is 10. The van der Waals surface area contributed by atoms with Crippen molar-refractivity contribution in [2.24, 2.45) is 7.05 Å². The zero-order chi connectivity index (χ0) is 15.8. The first-order chi connectivity index (χ1) is 10.0. The molecule has 1 heterocycles. The van der Waals surface area contributed by atoms with Crippen LogP contribution in [0, 0.1) is 0 Å². The van der Waals surface area contributed by atoms with Gasteiger partial charge in [-0.25, -0.2) is 0 Å². The summed E-state index contributed by atoms with van der Waals surface area (Å²) in [4.78, 5) is 0. The summed E-state index contributed by atoms with van der Waals surface area (Å²) in [6.45, 7) is 9.91. The van der Waals surface area contributed by atoms with E-state index in [-0.39, 0.29) is 0 Å². The van der Waals surface area contributed by atoms with Crippen molar-refractivity contribution in [1.82, 2.24) is 15.1 Å². The Balaban J connectivity index is 2.73. The van der Waals surface area contributed by atoms with Crippen molar-refractivity contribution < 1.29 is 0 Å². The van der Waals surface area contributed by atoms with Gasteiger partial charge in [-0.15, -0.1) is 0 Å². The van der Waals surface area contributed by atoms with E-state index >= 15 is 0 Å². The highest BCUT2D eigenvalue weighted by atomic mass is 35.5. The molecule has 21 heavy (non-hydrogen) atoms. The predicted octanol–water partition coefficient (Wildman–Crippen LogP) is 4.08. The monoisotopic (exact) mass is 331 g/mol. The lowest BCUT2D eigenvalue weighted by Crippen LogP contribution is -2.35. The number of nitrogens with zero attached hydrogens (tertiary/aromatic N) is 2. The maximum atomic E-state index is 6.48. The molecule has 0 fully saturated rings. The molecule has 2 unspecified atom stereocenters. The minimum absolute atomic E-state index is 0.460. The Labute approximate surface area is 139 Å². The lowest BCUT2D eigenvalue weighted by atomic mass is 10.1. The third kappa shape index (κ3) is 5.84. The van der Waals surface area contributed by atoms with Gasteiger partial charge in [-0.3, -0.25) is 4.68 Å². The molecule has 1 rings (SSSR count). The molecule has 0 aromatic carbocycles. The summed E-state index contributed by atoms with van der Waals surface area (Å²) in [6.07, 6.45) is 4.22. The Morgan fingerprint density at radius 3 is 2.57 bits per heavy atom. The molecule has 0 spiro atoms. The molecule has 0 saturated carbocycles. The molecule has 1 N–H and O–H groups in total. The van der Waals surface area contributed by atoms with Crippen LogP contribution in [0.4, 0.5) is 0 Å². The summed E-state index contributed by atoms with van der Waals surface area (Å²) in [5, 5.41) is 9.75. The molecule has 0 aliphatic heterocycles. The maximum absolute atomic E-state index is 6.48. The van der Waals surface area contributed by atoms with E-state index in [0.717, 1.165) is 48.0 Å². The number of hydrogen-bond donors (Lipinski definition) is 1. The Morgan fingerprint density at radius 1 is 1.33 bits per heavy atom. The number of aromatic nitrogens is 2. The summed E-state index contributed by atoms with van der Waals surface area (Å²) in [7, 11) is 2.00. The van der Waals surface area contributed by atoms with Crippen LogP contribution in [0.2, 0.25) is 5.02 Å². The first-order valence-corrected chi connectivity index (χ1v) is 9.51. The second-order valence-corrected chi connectivity index (χ2v) is 7.44. The van der Waals surface area contributed by atoms with Crippen molar-refractivity contribution in [2.45, 2.75) is 64.7 Å². The summed E-state index contributed by atoms with van der Waals surface area (Å²) in [5.74, 6) is 1.12. The fourth-order valence-electron chi connectivity index (χ4n) is 2.21. The van der Waals surface area contributed by atoms with E-state index < -0.39 is 0 Å². The van der Waals surface area contributed by atoms with Gasteiger partial charge in [0, 0.05) is 30.5 Å². The van der Waals surface area contributed by atoms with E-state index in [1.807, 2.05) is 23.5 Å². The number of thioether (sulfide) groups is 1. The zero-order valence-electron chi connectivity index (χ0n) is 14.1. The van der Waals surface area contributed by atoms with Crippen LogP contribution in [0.1, 0.15) is 51.9 Å². The highest BCUT2D eigenvalue weighted by Gasteiger charge is 2.18. The molecule has 1 aromatic rings. The molecule has 3 nitrogen and oxygen atoms in total. The number of aryl methyl sites for hydroxylation is 2. The molecule has 0 aliphatic rings. The maximum Gasteiger partial charge on any atom is 0.0850 e. The molecule has 0 amide bonds. The highest BCUT2D eigenvalue weighted by molar-refractivity contribution is 7.99. The van der Waals surface area contributed by atoms with Crippen molar-refractivity contribution >= 4 is 23.4 Å². The SMILES string of the molecule is CCCNC(CSC(C)CC)Cc1c(Cl)c(CC)nn1C. The highest BCUT2D eigenvalue weighted by Crippen LogP contribution is 2.23. The first-order valence-electron chi connectivity index (χ1n) is 8.08. The fourth-order valence-corrected chi connectivity index (χ4v) is 3.61. The van der Waals surface area contributed by atoms with Crippen molar-refractivity contribution in [3.63, 3.8) is 0 Å². The lowest BCUT2D eigenvalue weighted by Gasteiger charge is -2.20. The molecular weight excluding hydrogens is 302 g/mol. The van der Waals surface area contributed by atoms with E-state index in [1.54, 1.807) is 0 Å². The quantitative estimate of drug-likeness (QED) is 0.700. The van der Waals surface area contributed by atoms with Crippen LogP contribution >= 0.6 is 23.4 Å². The normalized spacial score (nSPS) is 14.4. The average Bonchev–Trinajstić information content (AvgIpc) is 2.76. The second kappa shape index (κ2) is 9.75. The van der Waals surface area contributed by atoms with Crippen LogP contribution in [-0.4, -0.2) is 33.4 Å². The zero-order valence-corrected chi connectivity index (χ0v) is 15.7. The molecule has 0 bridgehead atoms. The molecule has 0 radical (unpaired) electrons. The Kier molecular flexibility index (Phi) is 8.76. The van der Waals surface area contributed by atoms with Crippen molar-refractivity contribution in [3.8, 4) is 0 Å². The second-order valence-electron chi connectivity index (χ2n) is 5.59. The van der Waals surface area contributed by atoms with E-state index in [0.29, 0.717) is 11.3 Å². The fraction of sp³-hybridized carbons (Fsp3) is 0.812. The smallest absolute Gasteiger partial charge is 0.0850 e. The summed E-state index contributed by atoms with van der Waals surface area (Å²) in [5.41, 5.74) is 2.17. The minimum Gasteiger partial charge on any atom is -0.313 e. The van der Waals surface area contributed by atoms with Crippen LogP contribution in [0.15, 0.2) is 0 Å². The van der Waals surface area contributed by atoms with Gasteiger partial charge in [-0.1, -0.05) is 39.3 Å². The van der Waals surface area contributed by atoms with Gasteiger partial charge in [0.25, 0.3) is 0 Å². The van der Waals surface area contributed by atoms with Crippen molar-refractivity contribution in [1.29, 1.82) is 0 Å². The van der Waals surface area contributed by atoms with Gasteiger partial charge < -0.3 is 5.32 Å². The van der Waals surface area contributed by atoms with Crippen LogP contribution < -0.4 is 5.32 Å². The molecule has 0 aliphatic carbocycles. The average molecular weight is 332 g/mol.